The van der Waals surface area contributed by atoms with Crippen molar-refractivity contribution in [1.82, 2.24) is 0 Å². The van der Waals surface area contributed by atoms with Crippen LogP contribution in [0, 0.1) is 6.92 Å². The Hall–Kier alpha value is -4.10. The molecule has 1 N–H and O–H groups in total. The smallest absolute Gasteiger partial charge is 0.118 e. The summed E-state index contributed by atoms with van der Waals surface area (Å²) in [6.07, 6.45) is 0.904. The minimum absolute atomic E-state index is 0.339. The molecule has 0 radical (unpaired) electrons. The molecule has 158 valence electrons. The van der Waals surface area contributed by atoms with Crippen molar-refractivity contribution in [2.24, 2.45) is 0 Å². The molecule has 1 heteroatoms. The van der Waals surface area contributed by atoms with Crippen LogP contribution in [0.3, 0.4) is 0 Å². The van der Waals surface area contributed by atoms with Gasteiger partial charge in [0.15, 0.2) is 0 Å². The SMILES string of the molecule is Cc1cc(-c2ccc(-c3ccccc3)c3c2Cc2cccc(-c4ccccc4)c2-3)ccc1O. The van der Waals surface area contributed by atoms with Gasteiger partial charge in [0.2, 0.25) is 0 Å². The van der Waals surface area contributed by atoms with Crippen molar-refractivity contribution in [3.05, 3.63) is 126 Å². The molecule has 0 spiro atoms. The first-order valence-corrected chi connectivity index (χ1v) is 11.4. The van der Waals surface area contributed by atoms with Crippen LogP contribution in [0.25, 0.3) is 44.5 Å². The van der Waals surface area contributed by atoms with Gasteiger partial charge in [0.25, 0.3) is 0 Å². The standard InChI is InChI=1S/C32H24O/c1-21-19-24(15-18-30(21)33)26-16-17-28(23-11-6-3-7-12-23)32-29(26)20-25-13-8-14-27(31(25)32)22-9-4-2-5-10-22/h2-19,33H,20H2,1H3. The fourth-order valence-electron chi connectivity index (χ4n) is 5.16. The number of aryl methyl sites for hydroxylation is 1. The quantitative estimate of drug-likeness (QED) is 0.303. The van der Waals surface area contributed by atoms with E-state index in [1.54, 1.807) is 6.07 Å². The molecular weight excluding hydrogens is 400 g/mol. The Kier molecular flexibility index (Phi) is 4.62. The van der Waals surface area contributed by atoms with Gasteiger partial charge in [-0.05, 0) is 86.7 Å². The number of aromatic hydroxyl groups is 1. The van der Waals surface area contributed by atoms with E-state index in [1.807, 2.05) is 13.0 Å². The third-order valence-electron chi connectivity index (χ3n) is 6.76. The largest absolute Gasteiger partial charge is 0.508 e. The fourth-order valence-corrected chi connectivity index (χ4v) is 5.16. The van der Waals surface area contributed by atoms with Gasteiger partial charge in [0.05, 0.1) is 0 Å². The van der Waals surface area contributed by atoms with Crippen molar-refractivity contribution in [2.75, 3.05) is 0 Å². The fraction of sp³-hybridized carbons (Fsp3) is 0.0625. The number of hydrogen-bond donors (Lipinski definition) is 1. The highest BCUT2D eigenvalue weighted by molar-refractivity contribution is 6.00. The summed E-state index contributed by atoms with van der Waals surface area (Å²) in [7, 11) is 0. The molecule has 0 unspecified atom stereocenters. The lowest BCUT2D eigenvalue weighted by atomic mass is 9.86. The second kappa shape index (κ2) is 7.79. The summed E-state index contributed by atoms with van der Waals surface area (Å²) >= 11 is 0. The van der Waals surface area contributed by atoms with Crippen molar-refractivity contribution < 1.29 is 5.11 Å². The van der Waals surface area contributed by atoms with E-state index in [9.17, 15) is 5.11 Å². The maximum atomic E-state index is 10.1. The van der Waals surface area contributed by atoms with Gasteiger partial charge in [-0.3, -0.25) is 0 Å². The van der Waals surface area contributed by atoms with Gasteiger partial charge in [-0.25, -0.2) is 0 Å². The topological polar surface area (TPSA) is 20.2 Å². The van der Waals surface area contributed by atoms with Crippen LogP contribution < -0.4 is 0 Å². The van der Waals surface area contributed by atoms with Crippen molar-refractivity contribution in [1.29, 1.82) is 0 Å². The average Bonchev–Trinajstić information content (AvgIpc) is 3.26. The van der Waals surface area contributed by atoms with E-state index in [-0.39, 0.29) is 0 Å². The number of benzene rings is 5. The van der Waals surface area contributed by atoms with Gasteiger partial charge in [0.1, 0.15) is 5.75 Å². The van der Waals surface area contributed by atoms with Crippen LogP contribution in [-0.2, 0) is 6.42 Å². The summed E-state index contributed by atoms with van der Waals surface area (Å²) in [5, 5.41) is 10.1. The van der Waals surface area contributed by atoms with E-state index < -0.39 is 0 Å². The molecule has 0 bridgehead atoms. The first-order chi connectivity index (χ1) is 16.2. The average molecular weight is 425 g/mol. The van der Waals surface area contributed by atoms with E-state index >= 15 is 0 Å². The summed E-state index contributed by atoms with van der Waals surface area (Å²) in [6.45, 7) is 1.96. The Morgan fingerprint density at radius 3 is 1.85 bits per heavy atom. The van der Waals surface area contributed by atoms with Crippen LogP contribution >= 0.6 is 0 Å². The maximum absolute atomic E-state index is 10.1. The normalized spacial score (nSPS) is 11.8. The van der Waals surface area contributed by atoms with Gasteiger partial charge < -0.3 is 5.11 Å². The van der Waals surface area contributed by atoms with Gasteiger partial charge in [0, 0.05) is 0 Å². The van der Waals surface area contributed by atoms with Gasteiger partial charge in [-0.2, -0.15) is 0 Å². The van der Waals surface area contributed by atoms with Crippen molar-refractivity contribution in [3.63, 3.8) is 0 Å². The second-order valence-electron chi connectivity index (χ2n) is 8.76. The Labute approximate surface area is 194 Å². The number of hydrogen-bond acceptors (Lipinski definition) is 1. The lowest BCUT2D eigenvalue weighted by molar-refractivity contribution is 0.471. The molecule has 5 aromatic carbocycles. The highest BCUT2D eigenvalue weighted by atomic mass is 16.3. The second-order valence-corrected chi connectivity index (χ2v) is 8.76. The first-order valence-electron chi connectivity index (χ1n) is 11.4. The van der Waals surface area contributed by atoms with Gasteiger partial charge in [-0.15, -0.1) is 0 Å². The lowest BCUT2D eigenvalue weighted by Crippen LogP contribution is -1.92. The zero-order chi connectivity index (χ0) is 22.4. The molecule has 0 aliphatic heterocycles. The zero-order valence-corrected chi connectivity index (χ0v) is 18.5. The zero-order valence-electron chi connectivity index (χ0n) is 18.5. The predicted octanol–water partition coefficient (Wildman–Crippen LogP) is 8.27. The van der Waals surface area contributed by atoms with Crippen molar-refractivity contribution in [2.45, 2.75) is 13.3 Å². The monoisotopic (exact) mass is 424 g/mol. The van der Waals surface area contributed by atoms with Crippen molar-refractivity contribution in [3.8, 4) is 50.3 Å². The summed E-state index contributed by atoms with van der Waals surface area (Å²) in [5.74, 6) is 0.339. The van der Waals surface area contributed by atoms with Crippen LogP contribution in [0.5, 0.6) is 5.75 Å². The molecule has 6 rings (SSSR count). The van der Waals surface area contributed by atoms with Gasteiger partial charge >= 0.3 is 0 Å². The van der Waals surface area contributed by atoms with Crippen LogP contribution in [-0.4, -0.2) is 5.11 Å². The highest BCUT2D eigenvalue weighted by Crippen LogP contribution is 2.50. The molecule has 0 saturated heterocycles. The third-order valence-corrected chi connectivity index (χ3v) is 6.76. The molecular formula is C32H24O. The number of fused-ring (bicyclic) bond motifs is 3. The molecule has 5 aromatic rings. The molecule has 0 saturated carbocycles. The first kappa shape index (κ1) is 19.6. The van der Waals surface area contributed by atoms with E-state index in [1.165, 1.54) is 50.1 Å². The maximum Gasteiger partial charge on any atom is 0.118 e. The van der Waals surface area contributed by atoms with E-state index in [0.29, 0.717) is 5.75 Å². The minimum atomic E-state index is 0.339. The third kappa shape index (κ3) is 3.25. The lowest BCUT2D eigenvalue weighted by Gasteiger charge is -2.17. The van der Waals surface area contributed by atoms with Crippen molar-refractivity contribution >= 4 is 0 Å². The van der Waals surface area contributed by atoms with Gasteiger partial charge in [-0.1, -0.05) is 97.1 Å². The summed E-state index contributed by atoms with van der Waals surface area (Å²) in [5.41, 5.74) is 13.7. The Balaban J connectivity index is 1.66. The van der Waals surface area contributed by atoms with E-state index in [0.717, 1.165) is 17.5 Å². The number of rotatable bonds is 3. The van der Waals surface area contributed by atoms with Crippen LogP contribution in [0.1, 0.15) is 16.7 Å². The molecule has 0 heterocycles. The Morgan fingerprint density at radius 1 is 0.545 bits per heavy atom. The molecule has 1 aliphatic rings. The molecule has 1 nitrogen and oxygen atoms in total. The van der Waals surface area contributed by atoms with Crippen LogP contribution in [0.2, 0.25) is 0 Å². The Morgan fingerprint density at radius 2 is 1.18 bits per heavy atom. The molecule has 33 heavy (non-hydrogen) atoms. The molecule has 0 fully saturated rings. The van der Waals surface area contributed by atoms with E-state index in [2.05, 4.69) is 97.1 Å². The summed E-state index contributed by atoms with van der Waals surface area (Å²) < 4.78 is 0. The molecule has 0 aromatic heterocycles. The highest BCUT2D eigenvalue weighted by Gasteiger charge is 2.28. The summed E-state index contributed by atoms with van der Waals surface area (Å²) in [6, 6.07) is 38.5. The summed E-state index contributed by atoms with van der Waals surface area (Å²) in [4.78, 5) is 0. The van der Waals surface area contributed by atoms with E-state index in [4.69, 9.17) is 0 Å². The predicted molar refractivity (Wildman–Crippen MR) is 137 cm³/mol. The number of phenolic OH excluding ortho intramolecular Hbond substituents is 1. The minimum Gasteiger partial charge on any atom is -0.508 e. The van der Waals surface area contributed by atoms with Crippen LogP contribution in [0.15, 0.2) is 109 Å². The molecule has 0 atom stereocenters. The van der Waals surface area contributed by atoms with Crippen LogP contribution in [0.4, 0.5) is 0 Å². The Bertz CT molecular complexity index is 1480. The number of phenols is 1. The molecule has 1 aliphatic carbocycles. The molecule has 0 amide bonds.